The molecule has 0 spiro atoms. The lowest BCUT2D eigenvalue weighted by Gasteiger charge is -2.21. The van der Waals surface area contributed by atoms with Gasteiger partial charge in [-0.15, -0.1) is 0 Å². The number of anilines is 2. The average Bonchev–Trinajstić information content (AvgIpc) is 2.71. The highest BCUT2D eigenvalue weighted by Gasteiger charge is 2.22. The monoisotopic (exact) mass is 409 g/mol. The van der Waals surface area contributed by atoms with E-state index in [2.05, 4.69) is 16.0 Å². The predicted molar refractivity (Wildman–Crippen MR) is 121 cm³/mol. The van der Waals surface area contributed by atoms with Gasteiger partial charge in [0.15, 0.2) is 5.11 Å². The molecule has 3 rings (SSSR count). The number of carbonyl (C=O) groups excluding carboxylic acids is 2. The molecule has 0 unspecified atom stereocenters. The molecule has 0 atom stereocenters. The lowest BCUT2D eigenvalue weighted by atomic mass is 9.89. The van der Waals surface area contributed by atoms with E-state index in [0.29, 0.717) is 11.3 Å². The molecular formula is C23H27N3O2S. The van der Waals surface area contributed by atoms with Crippen LogP contribution in [0.3, 0.4) is 0 Å². The Balaban J connectivity index is 1.66. The van der Waals surface area contributed by atoms with Crippen LogP contribution in [0.5, 0.6) is 0 Å². The molecule has 2 amide bonds. The van der Waals surface area contributed by atoms with Crippen molar-refractivity contribution in [1.29, 1.82) is 0 Å². The molecule has 5 nitrogen and oxygen atoms in total. The minimum Gasteiger partial charge on any atom is -0.332 e. The van der Waals surface area contributed by atoms with Gasteiger partial charge in [0.05, 0.1) is 11.3 Å². The van der Waals surface area contributed by atoms with E-state index in [9.17, 15) is 9.59 Å². The van der Waals surface area contributed by atoms with Crippen LogP contribution in [-0.4, -0.2) is 16.9 Å². The van der Waals surface area contributed by atoms with Crippen LogP contribution in [-0.2, 0) is 4.79 Å². The van der Waals surface area contributed by atoms with Gasteiger partial charge in [-0.3, -0.25) is 9.59 Å². The average molecular weight is 410 g/mol. The molecule has 152 valence electrons. The van der Waals surface area contributed by atoms with Gasteiger partial charge in [0.1, 0.15) is 0 Å². The first-order chi connectivity index (χ1) is 13.9. The summed E-state index contributed by atoms with van der Waals surface area (Å²) in [6.07, 6.45) is 5.17. The van der Waals surface area contributed by atoms with Crippen LogP contribution in [0.1, 0.15) is 53.6 Å². The third-order valence-corrected chi connectivity index (χ3v) is 5.60. The molecule has 6 heteroatoms. The number of rotatable bonds is 4. The molecule has 1 saturated carbocycles. The number of amides is 2. The largest absolute Gasteiger partial charge is 0.332 e. The molecule has 2 aromatic rings. The maximum atomic E-state index is 12.8. The molecule has 0 heterocycles. The van der Waals surface area contributed by atoms with E-state index in [1.807, 2.05) is 38.1 Å². The van der Waals surface area contributed by atoms with Gasteiger partial charge in [0, 0.05) is 11.6 Å². The Bertz CT molecular complexity index is 920. The quantitative estimate of drug-likeness (QED) is 0.625. The van der Waals surface area contributed by atoms with Gasteiger partial charge in [0.25, 0.3) is 5.91 Å². The highest BCUT2D eigenvalue weighted by Crippen LogP contribution is 2.24. The maximum Gasteiger partial charge on any atom is 0.257 e. The number of carbonyl (C=O) groups is 2. The summed E-state index contributed by atoms with van der Waals surface area (Å²) in [5.74, 6) is -0.260. The summed E-state index contributed by atoms with van der Waals surface area (Å²) < 4.78 is 0. The van der Waals surface area contributed by atoms with E-state index in [-0.39, 0.29) is 22.8 Å². The second-order valence-corrected chi connectivity index (χ2v) is 7.99. The highest BCUT2D eigenvalue weighted by molar-refractivity contribution is 7.80. The van der Waals surface area contributed by atoms with Crippen LogP contribution >= 0.6 is 12.2 Å². The number of para-hydroxylation sites is 1. The first kappa shape index (κ1) is 21.0. The summed E-state index contributed by atoms with van der Waals surface area (Å²) >= 11 is 5.31. The molecule has 0 radical (unpaired) electrons. The highest BCUT2D eigenvalue weighted by atomic mass is 32.1. The summed E-state index contributed by atoms with van der Waals surface area (Å²) in [6, 6.07) is 12.9. The van der Waals surface area contributed by atoms with Crippen molar-refractivity contribution in [3.8, 4) is 0 Å². The lowest BCUT2D eigenvalue weighted by molar-refractivity contribution is -0.124. The standard InChI is InChI=1S/C23H27N3O2S/c1-15-12-13-18(14-16(15)2)24-22(28)19-10-6-7-11-20(19)25-23(29)26-21(27)17-8-4-3-5-9-17/h6-7,10-14,17H,3-5,8-9H2,1-2H3,(H,24,28)(H2,25,26,27,29). The molecule has 0 bridgehead atoms. The van der Waals surface area contributed by atoms with Crippen LogP contribution < -0.4 is 16.0 Å². The second kappa shape index (κ2) is 9.65. The lowest BCUT2D eigenvalue weighted by Crippen LogP contribution is -2.39. The number of benzene rings is 2. The second-order valence-electron chi connectivity index (χ2n) is 7.58. The van der Waals surface area contributed by atoms with E-state index >= 15 is 0 Å². The topological polar surface area (TPSA) is 70.2 Å². The third-order valence-electron chi connectivity index (χ3n) is 5.40. The van der Waals surface area contributed by atoms with Gasteiger partial charge in [-0.2, -0.15) is 0 Å². The van der Waals surface area contributed by atoms with E-state index in [1.54, 1.807) is 18.2 Å². The van der Waals surface area contributed by atoms with Gasteiger partial charge in [-0.1, -0.05) is 37.5 Å². The van der Waals surface area contributed by atoms with E-state index in [1.165, 1.54) is 12.0 Å². The van der Waals surface area contributed by atoms with Crippen molar-refractivity contribution >= 4 is 40.5 Å². The van der Waals surface area contributed by atoms with Gasteiger partial charge in [-0.25, -0.2) is 0 Å². The SMILES string of the molecule is Cc1ccc(NC(=O)c2ccccc2NC(=S)NC(=O)C2CCCCC2)cc1C. The Morgan fingerprint density at radius 2 is 1.66 bits per heavy atom. The molecule has 1 aliphatic carbocycles. The van der Waals surface area contributed by atoms with Crippen molar-refractivity contribution in [3.63, 3.8) is 0 Å². The molecule has 3 N–H and O–H groups in total. The summed E-state index contributed by atoms with van der Waals surface area (Å²) in [7, 11) is 0. The number of nitrogens with one attached hydrogen (secondary N) is 3. The van der Waals surface area contributed by atoms with Crippen molar-refractivity contribution in [2.45, 2.75) is 46.0 Å². The molecule has 1 aliphatic rings. The zero-order chi connectivity index (χ0) is 20.8. The van der Waals surface area contributed by atoms with Crippen LogP contribution in [0, 0.1) is 19.8 Å². The van der Waals surface area contributed by atoms with E-state index < -0.39 is 0 Å². The van der Waals surface area contributed by atoms with Gasteiger partial charge >= 0.3 is 0 Å². The zero-order valence-electron chi connectivity index (χ0n) is 16.9. The number of hydrogen-bond donors (Lipinski definition) is 3. The summed E-state index contributed by atoms with van der Waals surface area (Å²) in [6.45, 7) is 4.04. The van der Waals surface area contributed by atoms with Crippen molar-refractivity contribution in [1.82, 2.24) is 5.32 Å². The summed E-state index contributed by atoms with van der Waals surface area (Å²) in [5.41, 5.74) is 4.04. The van der Waals surface area contributed by atoms with Crippen LogP contribution in [0.15, 0.2) is 42.5 Å². The van der Waals surface area contributed by atoms with Crippen LogP contribution in [0.4, 0.5) is 11.4 Å². The zero-order valence-corrected chi connectivity index (χ0v) is 17.7. The first-order valence-corrected chi connectivity index (χ1v) is 10.4. The van der Waals surface area contributed by atoms with Gasteiger partial charge in [-0.05, 0) is 74.3 Å². The Morgan fingerprint density at radius 3 is 2.38 bits per heavy atom. The number of thiocarbonyl (C=S) groups is 1. The molecule has 1 fully saturated rings. The van der Waals surface area contributed by atoms with Crippen LogP contribution in [0.2, 0.25) is 0 Å². The van der Waals surface area contributed by atoms with Crippen molar-refractivity contribution in [2.75, 3.05) is 10.6 Å². The molecule has 0 saturated heterocycles. The van der Waals surface area contributed by atoms with Crippen molar-refractivity contribution in [2.24, 2.45) is 5.92 Å². The fraction of sp³-hybridized carbons (Fsp3) is 0.348. The van der Waals surface area contributed by atoms with Gasteiger partial charge in [0.2, 0.25) is 5.91 Å². The fourth-order valence-corrected chi connectivity index (χ4v) is 3.75. The Kier molecular flexibility index (Phi) is 6.99. The summed E-state index contributed by atoms with van der Waals surface area (Å²) in [5, 5.41) is 8.92. The van der Waals surface area contributed by atoms with E-state index in [4.69, 9.17) is 12.2 Å². The van der Waals surface area contributed by atoms with Crippen LogP contribution in [0.25, 0.3) is 0 Å². The third kappa shape index (κ3) is 5.64. The minimum absolute atomic E-state index is 0.0202. The van der Waals surface area contributed by atoms with E-state index in [0.717, 1.165) is 36.9 Å². The smallest absolute Gasteiger partial charge is 0.257 e. The maximum absolute atomic E-state index is 12.8. The Labute approximate surface area is 177 Å². The minimum atomic E-state index is -0.238. The Morgan fingerprint density at radius 1 is 0.931 bits per heavy atom. The van der Waals surface area contributed by atoms with Crippen molar-refractivity contribution < 1.29 is 9.59 Å². The molecular weight excluding hydrogens is 382 g/mol. The number of hydrogen-bond acceptors (Lipinski definition) is 3. The summed E-state index contributed by atoms with van der Waals surface area (Å²) in [4.78, 5) is 25.2. The van der Waals surface area contributed by atoms with Crippen molar-refractivity contribution in [3.05, 3.63) is 59.2 Å². The predicted octanol–water partition coefficient (Wildman–Crippen LogP) is 4.95. The molecule has 2 aromatic carbocycles. The normalized spacial score (nSPS) is 14.1. The fourth-order valence-electron chi connectivity index (χ4n) is 3.54. The van der Waals surface area contributed by atoms with Gasteiger partial charge < -0.3 is 16.0 Å². The molecule has 29 heavy (non-hydrogen) atoms. The molecule has 0 aliphatic heterocycles. The Hall–Kier alpha value is -2.73. The number of aryl methyl sites for hydroxylation is 2. The first-order valence-electron chi connectivity index (χ1n) is 10.0. The molecule has 0 aromatic heterocycles.